The molecule has 1 unspecified atom stereocenters. The summed E-state index contributed by atoms with van der Waals surface area (Å²) in [5, 5.41) is 15.3. The lowest BCUT2D eigenvalue weighted by Crippen LogP contribution is -2.45. The van der Waals surface area contributed by atoms with Crippen molar-refractivity contribution in [2.75, 3.05) is 19.6 Å². The highest BCUT2D eigenvalue weighted by Gasteiger charge is 2.29. The molecule has 6 nitrogen and oxygen atoms in total. The van der Waals surface area contributed by atoms with Crippen LogP contribution >= 0.6 is 11.3 Å². The summed E-state index contributed by atoms with van der Waals surface area (Å²) in [7, 11) is 0. The summed E-state index contributed by atoms with van der Waals surface area (Å²) in [5.74, 6) is 0.970. The highest BCUT2D eigenvalue weighted by molar-refractivity contribution is 7.10. The Hall–Kier alpha value is -2.12. The zero-order valence-corrected chi connectivity index (χ0v) is 16.1. The van der Waals surface area contributed by atoms with Crippen LogP contribution in [-0.4, -0.2) is 41.5 Å². The van der Waals surface area contributed by atoms with Crippen LogP contribution in [0.3, 0.4) is 0 Å². The zero-order valence-electron chi connectivity index (χ0n) is 15.3. The van der Waals surface area contributed by atoms with E-state index in [2.05, 4.69) is 5.32 Å². The average molecular weight is 376 g/mol. The second-order valence-electron chi connectivity index (χ2n) is 6.97. The van der Waals surface area contributed by atoms with Gasteiger partial charge in [0.1, 0.15) is 17.1 Å². The van der Waals surface area contributed by atoms with Crippen molar-refractivity contribution in [3.63, 3.8) is 0 Å². The van der Waals surface area contributed by atoms with Gasteiger partial charge in [0.2, 0.25) is 5.91 Å². The molecule has 0 saturated heterocycles. The maximum absolute atomic E-state index is 12.6. The van der Waals surface area contributed by atoms with E-state index in [0.29, 0.717) is 29.2 Å². The van der Waals surface area contributed by atoms with Gasteiger partial charge in [-0.2, -0.15) is 0 Å². The molecule has 3 rings (SSSR count). The number of hydrogen-bond acceptors (Lipinski definition) is 5. The van der Waals surface area contributed by atoms with E-state index in [1.54, 1.807) is 36.2 Å². The standard InChI is InChI=1S/C19H24N2O4S/c1-12-9-15(13(2)25-12)19(3,24)11-20-17(22)10-21-7-4-5-16-14(18(21)23)6-8-26-16/h6,8-9,24H,4-5,7,10-11H2,1-3H3,(H,20,22). The molecule has 3 heterocycles. The van der Waals surface area contributed by atoms with Crippen molar-refractivity contribution in [3.8, 4) is 0 Å². The number of furan rings is 1. The molecule has 2 aromatic rings. The van der Waals surface area contributed by atoms with Gasteiger partial charge in [-0.15, -0.1) is 11.3 Å². The lowest BCUT2D eigenvalue weighted by atomic mass is 9.96. The van der Waals surface area contributed by atoms with Crippen LogP contribution < -0.4 is 5.32 Å². The number of thiophene rings is 1. The second-order valence-corrected chi connectivity index (χ2v) is 7.97. The van der Waals surface area contributed by atoms with Gasteiger partial charge < -0.3 is 19.7 Å². The van der Waals surface area contributed by atoms with Gasteiger partial charge in [0.15, 0.2) is 0 Å². The maximum Gasteiger partial charge on any atom is 0.255 e. The number of carbonyl (C=O) groups is 2. The molecule has 0 radical (unpaired) electrons. The molecule has 26 heavy (non-hydrogen) atoms. The number of aryl methyl sites for hydroxylation is 3. The molecule has 0 aromatic carbocycles. The third-order valence-electron chi connectivity index (χ3n) is 4.68. The molecule has 2 amide bonds. The molecular weight excluding hydrogens is 352 g/mol. The first-order valence-electron chi connectivity index (χ1n) is 8.70. The highest BCUT2D eigenvalue weighted by Crippen LogP contribution is 2.26. The minimum absolute atomic E-state index is 0.00635. The molecular formula is C19H24N2O4S. The number of carbonyl (C=O) groups excluding carboxylic acids is 2. The summed E-state index contributed by atoms with van der Waals surface area (Å²) in [6.07, 6.45) is 1.71. The molecule has 140 valence electrons. The topological polar surface area (TPSA) is 82.8 Å². The van der Waals surface area contributed by atoms with Crippen LogP contribution in [0.5, 0.6) is 0 Å². The molecule has 1 aliphatic rings. The van der Waals surface area contributed by atoms with Crippen LogP contribution in [0.2, 0.25) is 0 Å². The van der Waals surface area contributed by atoms with E-state index in [9.17, 15) is 14.7 Å². The highest BCUT2D eigenvalue weighted by atomic mass is 32.1. The minimum Gasteiger partial charge on any atom is -0.466 e. The molecule has 0 bridgehead atoms. The van der Waals surface area contributed by atoms with E-state index in [0.717, 1.165) is 17.7 Å². The predicted octanol–water partition coefficient (Wildman–Crippen LogP) is 2.37. The van der Waals surface area contributed by atoms with Gasteiger partial charge in [0, 0.05) is 17.0 Å². The fourth-order valence-corrected chi connectivity index (χ4v) is 4.25. The molecule has 0 spiro atoms. The monoisotopic (exact) mass is 376 g/mol. The Bertz CT molecular complexity index is 821. The van der Waals surface area contributed by atoms with Crippen molar-refractivity contribution in [2.24, 2.45) is 0 Å². The fraction of sp³-hybridized carbons (Fsp3) is 0.474. The summed E-state index contributed by atoms with van der Waals surface area (Å²) in [4.78, 5) is 27.6. The largest absolute Gasteiger partial charge is 0.466 e. The van der Waals surface area contributed by atoms with Crippen LogP contribution in [0.25, 0.3) is 0 Å². The summed E-state index contributed by atoms with van der Waals surface area (Å²) in [6.45, 7) is 5.84. The van der Waals surface area contributed by atoms with Gasteiger partial charge in [-0.1, -0.05) is 0 Å². The summed E-state index contributed by atoms with van der Waals surface area (Å²) in [5.41, 5.74) is 0.127. The van der Waals surface area contributed by atoms with Crippen LogP contribution in [0.1, 0.15) is 45.7 Å². The van der Waals surface area contributed by atoms with E-state index >= 15 is 0 Å². The predicted molar refractivity (Wildman–Crippen MR) is 99.3 cm³/mol. The van der Waals surface area contributed by atoms with Gasteiger partial charge >= 0.3 is 0 Å². The molecule has 0 saturated carbocycles. The maximum atomic E-state index is 12.6. The Morgan fingerprint density at radius 1 is 1.46 bits per heavy atom. The number of fused-ring (bicyclic) bond motifs is 1. The average Bonchev–Trinajstić information content (AvgIpc) is 3.14. The number of aliphatic hydroxyl groups is 1. The Labute approximate surface area is 156 Å². The van der Waals surface area contributed by atoms with Crippen molar-refractivity contribution >= 4 is 23.2 Å². The Balaban J connectivity index is 1.60. The third-order valence-corrected chi connectivity index (χ3v) is 5.66. The molecule has 0 aliphatic carbocycles. The van der Waals surface area contributed by atoms with Crippen molar-refractivity contribution < 1.29 is 19.1 Å². The van der Waals surface area contributed by atoms with Crippen LogP contribution in [0, 0.1) is 13.8 Å². The number of amides is 2. The molecule has 2 aromatic heterocycles. The lowest BCUT2D eigenvalue weighted by molar-refractivity contribution is -0.123. The Kier molecular flexibility index (Phi) is 5.20. The molecule has 7 heteroatoms. The van der Waals surface area contributed by atoms with Gasteiger partial charge in [0.05, 0.1) is 18.7 Å². The number of nitrogens with zero attached hydrogens (tertiary/aromatic N) is 1. The third kappa shape index (κ3) is 3.83. The van der Waals surface area contributed by atoms with Crippen molar-refractivity contribution in [1.82, 2.24) is 10.2 Å². The van der Waals surface area contributed by atoms with Crippen molar-refractivity contribution in [1.29, 1.82) is 0 Å². The fourth-order valence-electron chi connectivity index (χ4n) is 3.34. The number of rotatable bonds is 5. The van der Waals surface area contributed by atoms with E-state index in [-0.39, 0.29) is 24.9 Å². The van der Waals surface area contributed by atoms with E-state index in [1.165, 1.54) is 0 Å². The minimum atomic E-state index is -1.24. The first-order chi connectivity index (χ1) is 12.3. The summed E-state index contributed by atoms with van der Waals surface area (Å²) >= 11 is 1.59. The quantitative estimate of drug-likeness (QED) is 0.839. The normalized spacial score (nSPS) is 16.8. The molecule has 2 N–H and O–H groups in total. The Morgan fingerprint density at radius 2 is 2.23 bits per heavy atom. The van der Waals surface area contributed by atoms with E-state index in [4.69, 9.17) is 4.42 Å². The van der Waals surface area contributed by atoms with Crippen molar-refractivity contribution in [2.45, 2.75) is 39.2 Å². The van der Waals surface area contributed by atoms with Gasteiger partial charge in [-0.05, 0) is 51.1 Å². The van der Waals surface area contributed by atoms with Crippen LogP contribution in [0.4, 0.5) is 0 Å². The number of nitrogens with one attached hydrogen (secondary N) is 1. The molecule has 0 fully saturated rings. The summed E-state index contributed by atoms with van der Waals surface area (Å²) in [6, 6.07) is 3.60. The van der Waals surface area contributed by atoms with Crippen molar-refractivity contribution in [3.05, 3.63) is 45.0 Å². The zero-order chi connectivity index (χ0) is 18.9. The van der Waals surface area contributed by atoms with Crippen LogP contribution in [0.15, 0.2) is 21.9 Å². The lowest BCUT2D eigenvalue weighted by Gasteiger charge is -2.25. The summed E-state index contributed by atoms with van der Waals surface area (Å²) < 4.78 is 5.46. The van der Waals surface area contributed by atoms with E-state index < -0.39 is 5.60 Å². The van der Waals surface area contributed by atoms with E-state index in [1.807, 2.05) is 18.4 Å². The van der Waals surface area contributed by atoms with Gasteiger partial charge in [-0.25, -0.2) is 0 Å². The van der Waals surface area contributed by atoms with Gasteiger partial charge in [-0.3, -0.25) is 9.59 Å². The second kappa shape index (κ2) is 7.25. The first-order valence-corrected chi connectivity index (χ1v) is 9.58. The molecule has 1 aliphatic heterocycles. The van der Waals surface area contributed by atoms with Gasteiger partial charge in [0.25, 0.3) is 5.91 Å². The molecule has 1 atom stereocenters. The Morgan fingerprint density at radius 3 is 2.92 bits per heavy atom. The number of hydrogen-bond donors (Lipinski definition) is 2. The first kappa shape index (κ1) is 18.7. The SMILES string of the molecule is Cc1cc(C(C)(O)CNC(=O)CN2CCCc3sccc3C2=O)c(C)o1. The smallest absolute Gasteiger partial charge is 0.255 e. The van der Waals surface area contributed by atoms with Crippen LogP contribution in [-0.2, 0) is 16.8 Å².